The molecule has 0 bridgehead atoms. The predicted octanol–water partition coefficient (Wildman–Crippen LogP) is 3.53. The molecule has 2 nitrogen and oxygen atoms in total. The van der Waals surface area contributed by atoms with Crippen LogP contribution in [0.4, 0.5) is 0 Å². The van der Waals surface area contributed by atoms with Gasteiger partial charge in [-0.3, -0.25) is 4.72 Å². The van der Waals surface area contributed by atoms with Crippen molar-refractivity contribution < 1.29 is 0 Å². The minimum atomic E-state index is 1.03. The molecular formula is C10H17N2S3+. The molecular weight excluding hydrogens is 244 g/mol. The average molecular weight is 261 g/mol. The van der Waals surface area contributed by atoms with Gasteiger partial charge in [-0.1, -0.05) is 28.8 Å². The number of pyridine rings is 1. The molecule has 84 valence electrons. The summed E-state index contributed by atoms with van der Waals surface area (Å²) < 4.78 is 3.20. The fourth-order valence-corrected chi connectivity index (χ4v) is 2.90. The van der Waals surface area contributed by atoms with Gasteiger partial charge in [0.15, 0.2) is 0 Å². The van der Waals surface area contributed by atoms with Gasteiger partial charge >= 0.3 is 0 Å². The molecule has 1 N–H and O–H groups in total. The zero-order chi connectivity index (χ0) is 11.4. The average Bonchev–Trinajstić information content (AvgIpc) is 2.33. The third kappa shape index (κ3) is 8.99. The van der Waals surface area contributed by atoms with Gasteiger partial charge in [0.1, 0.15) is 5.03 Å². The minimum absolute atomic E-state index is 1.03. The van der Waals surface area contributed by atoms with Crippen molar-refractivity contribution in [1.29, 1.82) is 0 Å². The van der Waals surface area contributed by atoms with Crippen LogP contribution in [0.25, 0.3) is 0 Å². The highest BCUT2D eigenvalue weighted by Crippen LogP contribution is 2.28. The fraction of sp³-hybridized carbons (Fsp3) is 0.400. The van der Waals surface area contributed by atoms with Crippen LogP contribution in [0.5, 0.6) is 0 Å². The van der Waals surface area contributed by atoms with Crippen LogP contribution in [0, 0.1) is 6.92 Å². The highest BCUT2D eigenvalue weighted by atomic mass is 33.1. The molecule has 1 aromatic heterocycles. The fourth-order valence-electron chi connectivity index (χ4n) is 0.684. The molecule has 0 aliphatic heterocycles. The Hall–Kier alpha value is 0.0300. The van der Waals surface area contributed by atoms with Crippen molar-refractivity contribution in [2.24, 2.45) is 0 Å². The number of rotatable bonds is 6. The van der Waals surface area contributed by atoms with Gasteiger partial charge in [-0.05, 0) is 29.2 Å². The van der Waals surface area contributed by atoms with E-state index < -0.39 is 0 Å². The maximum Gasteiger partial charge on any atom is 0.106 e. The first-order chi connectivity index (χ1) is 7.43. The van der Waals surface area contributed by atoms with Crippen LogP contribution >= 0.6 is 33.5 Å². The Morgan fingerprint density at radius 1 is 1.40 bits per heavy atom. The molecule has 0 radical (unpaired) electrons. The number of aromatic nitrogens is 1. The van der Waals surface area contributed by atoms with E-state index in [9.17, 15) is 0 Å². The molecule has 0 saturated carbocycles. The molecule has 0 aliphatic rings. The summed E-state index contributed by atoms with van der Waals surface area (Å²) in [6, 6.07) is 5.97. The molecule has 15 heavy (non-hydrogen) atoms. The van der Waals surface area contributed by atoms with E-state index in [0.717, 1.165) is 17.3 Å². The maximum atomic E-state index is 4.21. The van der Waals surface area contributed by atoms with Gasteiger partial charge in [-0.2, -0.15) is 0 Å². The summed E-state index contributed by atoms with van der Waals surface area (Å²) in [5.74, 6) is 1.10. The van der Waals surface area contributed by atoms with Crippen LogP contribution < -0.4 is 4.72 Å². The molecule has 1 rings (SSSR count). The SMILES string of the molecule is CSNCCSSc1ccccn1.[CH2+]C. The molecule has 0 saturated heterocycles. The maximum absolute atomic E-state index is 4.21. The van der Waals surface area contributed by atoms with Gasteiger partial charge < -0.3 is 0 Å². The molecule has 0 amide bonds. The van der Waals surface area contributed by atoms with Gasteiger partial charge in [0.25, 0.3) is 0 Å². The summed E-state index contributed by atoms with van der Waals surface area (Å²) in [6.45, 7) is 6.03. The zero-order valence-electron chi connectivity index (χ0n) is 9.10. The second-order valence-electron chi connectivity index (χ2n) is 2.17. The van der Waals surface area contributed by atoms with E-state index in [1.165, 1.54) is 0 Å². The van der Waals surface area contributed by atoms with Crippen LogP contribution in [0.1, 0.15) is 6.92 Å². The van der Waals surface area contributed by atoms with Crippen LogP contribution in [-0.4, -0.2) is 23.5 Å². The summed E-state index contributed by atoms with van der Waals surface area (Å²) in [5, 5.41) is 1.08. The second-order valence-corrected chi connectivity index (χ2v) is 5.30. The summed E-state index contributed by atoms with van der Waals surface area (Å²) in [4.78, 5) is 4.21. The normalized spacial score (nSPS) is 9.20. The number of nitrogens with one attached hydrogen (secondary N) is 1. The molecule has 0 atom stereocenters. The molecule has 0 aliphatic carbocycles. The monoisotopic (exact) mass is 261 g/mol. The Balaban J connectivity index is 0.000000921. The smallest absolute Gasteiger partial charge is 0.106 e. The Morgan fingerprint density at radius 3 is 2.80 bits per heavy atom. The second kappa shape index (κ2) is 12.1. The number of hydrogen-bond donors (Lipinski definition) is 1. The minimum Gasteiger partial charge on any atom is -0.264 e. The largest absolute Gasteiger partial charge is 0.264 e. The van der Waals surface area contributed by atoms with E-state index in [1.54, 1.807) is 29.7 Å². The Morgan fingerprint density at radius 2 is 2.20 bits per heavy atom. The topological polar surface area (TPSA) is 24.9 Å². The first-order valence-electron chi connectivity index (χ1n) is 4.60. The Labute approximate surface area is 105 Å². The number of hydrogen-bond acceptors (Lipinski definition) is 5. The van der Waals surface area contributed by atoms with Gasteiger partial charge in [-0.25, -0.2) is 4.98 Å². The van der Waals surface area contributed by atoms with Gasteiger partial charge in [0.05, 0.1) is 13.8 Å². The van der Waals surface area contributed by atoms with Crippen molar-refractivity contribution in [1.82, 2.24) is 9.71 Å². The van der Waals surface area contributed by atoms with E-state index >= 15 is 0 Å². The molecule has 5 heteroatoms. The third-order valence-corrected chi connectivity index (χ3v) is 3.97. The van der Waals surface area contributed by atoms with E-state index in [4.69, 9.17) is 0 Å². The van der Waals surface area contributed by atoms with E-state index in [-0.39, 0.29) is 0 Å². The Bertz CT molecular complexity index is 219. The van der Waals surface area contributed by atoms with E-state index in [0.29, 0.717) is 0 Å². The van der Waals surface area contributed by atoms with Crippen molar-refractivity contribution >= 4 is 33.5 Å². The molecule has 0 spiro atoms. The van der Waals surface area contributed by atoms with Crippen LogP contribution in [0.3, 0.4) is 0 Å². The van der Waals surface area contributed by atoms with Crippen molar-refractivity contribution in [3.8, 4) is 0 Å². The summed E-state index contributed by atoms with van der Waals surface area (Å²) >= 11 is 1.66. The van der Waals surface area contributed by atoms with Crippen LogP contribution in [-0.2, 0) is 0 Å². The molecule has 1 heterocycles. The predicted molar refractivity (Wildman–Crippen MR) is 75.1 cm³/mol. The lowest BCUT2D eigenvalue weighted by molar-refractivity contribution is 1.05. The van der Waals surface area contributed by atoms with Gasteiger partial charge in [-0.15, -0.1) is 0 Å². The van der Waals surface area contributed by atoms with Crippen molar-refractivity contribution in [2.45, 2.75) is 11.9 Å². The molecule has 0 aromatic carbocycles. The summed E-state index contributed by atoms with van der Waals surface area (Å²) in [5.41, 5.74) is 0. The first kappa shape index (κ1) is 15.0. The van der Waals surface area contributed by atoms with E-state index in [2.05, 4.69) is 16.6 Å². The highest BCUT2D eigenvalue weighted by molar-refractivity contribution is 8.76. The van der Waals surface area contributed by atoms with Gasteiger partial charge in [0, 0.05) is 18.5 Å². The van der Waals surface area contributed by atoms with Crippen molar-refractivity contribution in [3.63, 3.8) is 0 Å². The lowest BCUT2D eigenvalue weighted by Crippen LogP contribution is -2.05. The van der Waals surface area contributed by atoms with Crippen LogP contribution in [0.2, 0.25) is 0 Å². The van der Waals surface area contributed by atoms with Crippen molar-refractivity contribution in [3.05, 3.63) is 31.3 Å². The lowest BCUT2D eigenvalue weighted by atomic mass is 10.5. The zero-order valence-corrected chi connectivity index (χ0v) is 11.6. The highest BCUT2D eigenvalue weighted by Gasteiger charge is 1.93. The quantitative estimate of drug-likeness (QED) is 0.365. The van der Waals surface area contributed by atoms with E-state index in [1.807, 2.05) is 41.4 Å². The standard InChI is InChI=1S/C8H12N2S3.C2H5/c1-11-10-6-7-12-13-8-4-2-3-5-9-8;1-2/h2-5,10H,6-7H2,1H3;1H2,2H3/q;+1. The lowest BCUT2D eigenvalue weighted by Gasteiger charge is -1.99. The van der Waals surface area contributed by atoms with Crippen LogP contribution in [0.15, 0.2) is 29.4 Å². The molecule has 0 fully saturated rings. The summed E-state index contributed by atoms with van der Waals surface area (Å²) in [7, 11) is 3.55. The van der Waals surface area contributed by atoms with Gasteiger partial charge in [0.2, 0.25) is 0 Å². The third-order valence-electron chi connectivity index (χ3n) is 1.21. The number of nitrogens with zero attached hydrogens (tertiary/aromatic N) is 1. The molecule has 1 aromatic rings. The van der Waals surface area contributed by atoms with Crippen molar-refractivity contribution in [2.75, 3.05) is 18.6 Å². The Kier molecular flexibility index (Phi) is 12.1. The first-order valence-corrected chi connectivity index (χ1v) is 8.15. The summed E-state index contributed by atoms with van der Waals surface area (Å²) in [6.07, 6.45) is 3.86. The molecule has 0 unspecified atom stereocenters.